The van der Waals surface area contributed by atoms with Crippen molar-refractivity contribution >= 4 is 0 Å². The summed E-state index contributed by atoms with van der Waals surface area (Å²) in [5.74, 6) is 1.06. The van der Waals surface area contributed by atoms with E-state index in [1.165, 1.54) is 12.0 Å². The Morgan fingerprint density at radius 1 is 1.27 bits per heavy atom. The fourth-order valence-electron chi connectivity index (χ4n) is 1.19. The molecule has 58 valence electrons. The molecule has 0 N–H and O–H groups in total. The lowest BCUT2D eigenvalue weighted by molar-refractivity contribution is 0.626. The molecule has 0 spiro atoms. The Hall–Kier alpha value is -0.980. The van der Waals surface area contributed by atoms with Crippen LogP contribution in [-0.2, 0) is 0 Å². The minimum Gasteiger partial charge on any atom is -0.204 e. The van der Waals surface area contributed by atoms with Gasteiger partial charge in [-0.05, 0) is 0 Å². The van der Waals surface area contributed by atoms with E-state index in [4.69, 9.17) is 0 Å². The van der Waals surface area contributed by atoms with E-state index in [0.717, 1.165) is 11.1 Å². The van der Waals surface area contributed by atoms with Crippen molar-refractivity contribution in [3.8, 4) is 0 Å². The van der Waals surface area contributed by atoms with Gasteiger partial charge in [0.2, 0.25) is 0 Å². The second-order valence-electron chi connectivity index (χ2n) is 2.96. The van der Waals surface area contributed by atoms with Crippen molar-refractivity contribution in [2.24, 2.45) is 0 Å². The Kier molecular flexibility index (Phi) is 2.18. The molecule has 0 bridgehead atoms. The number of hydrogen-bond acceptors (Lipinski definition) is 0. The maximum Gasteiger partial charge on any atom is 0.149 e. The highest BCUT2D eigenvalue weighted by Gasteiger charge is 2.12. The van der Waals surface area contributed by atoms with Crippen LogP contribution in [0.5, 0.6) is 0 Å². The number of hydrogen-bond donors (Lipinski definition) is 0. The lowest BCUT2D eigenvalue weighted by Gasteiger charge is -1.98. The minimum atomic E-state index is -0.160. The first-order chi connectivity index (χ1) is 5.11. The lowest BCUT2D eigenvalue weighted by atomic mass is 9.98. The van der Waals surface area contributed by atoms with Crippen LogP contribution >= 0.6 is 0 Å². The summed E-state index contributed by atoms with van der Waals surface area (Å²) >= 11 is 0. The maximum absolute atomic E-state index is 12.6. The van der Waals surface area contributed by atoms with Gasteiger partial charge in [0, 0.05) is 44.9 Å². The molecule has 1 aromatic rings. The summed E-state index contributed by atoms with van der Waals surface area (Å²) in [6, 6.07) is 4.87. The third-order valence-electron chi connectivity index (χ3n) is 1.73. The van der Waals surface area contributed by atoms with Gasteiger partial charge in [-0.1, -0.05) is 0 Å². The molecule has 0 saturated carbocycles. The van der Waals surface area contributed by atoms with Gasteiger partial charge in [0.1, 0.15) is 11.4 Å². The zero-order valence-electron chi connectivity index (χ0n) is 7.11. The maximum atomic E-state index is 12.6. The molecule has 1 heteroatoms. The Morgan fingerprint density at radius 2 is 1.91 bits per heavy atom. The Bertz CT molecular complexity index is 251. The second-order valence-corrected chi connectivity index (χ2v) is 2.96. The molecule has 1 aromatic carbocycles. The highest BCUT2D eigenvalue weighted by atomic mass is 19.1. The van der Waals surface area contributed by atoms with E-state index in [2.05, 4.69) is 0 Å². The van der Waals surface area contributed by atoms with E-state index >= 15 is 0 Å². The second kappa shape index (κ2) is 2.95. The topological polar surface area (TPSA) is 0 Å². The fourth-order valence-corrected chi connectivity index (χ4v) is 1.19. The van der Waals surface area contributed by atoms with Crippen molar-refractivity contribution in [1.29, 1.82) is 0 Å². The van der Waals surface area contributed by atoms with Gasteiger partial charge >= 0.3 is 0 Å². The fraction of sp³-hybridized carbons (Fsp3) is 0.300. The van der Waals surface area contributed by atoms with Crippen LogP contribution in [0.2, 0.25) is 0 Å². The number of benzene rings is 1. The van der Waals surface area contributed by atoms with Crippen molar-refractivity contribution in [3.63, 3.8) is 0 Å². The highest BCUT2D eigenvalue weighted by molar-refractivity contribution is 5.35. The summed E-state index contributed by atoms with van der Waals surface area (Å²) in [5, 5.41) is 0. The Labute approximate surface area is 67.1 Å². The van der Waals surface area contributed by atoms with Crippen molar-refractivity contribution in [2.45, 2.75) is 20.8 Å². The predicted octanol–water partition coefficient (Wildman–Crippen LogP) is 3.10. The van der Waals surface area contributed by atoms with Crippen LogP contribution in [-0.4, -0.2) is 0 Å². The number of rotatable bonds is 1. The van der Waals surface area contributed by atoms with Crippen LogP contribution in [0.3, 0.4) is 0 Å². The third kappa shape index (κ3) is 1.73. The number of aryl methyl sites for hydroxylation is 1. The van der Waals surface area contributed by atoms with E-state index in [0.29, 0.717) is 0 Å². The molecule has 0 fully saturated rings. The molecule has 0 heterocycles. The van der Waals surface area contributed by atoms with Crippen molar-refractivity contribution < 1.29 is 4.39 Å². The van der Waals surface area contributed by atoms with Crippen LogP contribution in [0.25, 0.3) is 0 Å². The Morgan fingerprint density at radius 3 is 2.36 bits per heavy atom. The zero-order valence-corrected chi connectivity index (χ0v) is 7.11. The van der Waals surface area contributed by atoms with E-state index < -0.39 is 0 Å². The zero-order chi connectivity index (χ0) is 8.43. The standard InChI is InChI=1S/C10H12F/c1-7(2)10-5-4-9(11)6-8(10)3/h4-6H,1-3H3/q+1. The molecule has 0 aliphatic rings. The molecule has 0 radical (unpaired) electrons. The molecular formula is C10H12F+. The quantitative estimate of drug-likeness (QED) is 0.541. The van der Waals surface area contributed by atoms with Gasteiger partial charge in [-0.3, -0.25) is 0 Å². The van der Waals surface area contributed by atoms with E-state index in [9.17, 15) is 4.39 Å². The average Bonchev–Trinajstić information content (AvgIpc) is 1.85. The average molecular weight is 151 g/mol. The first kappa shape index (κ1) is 8.12. The smallest absolute Gasteiger partial charge is 0.149 e. The van der Waals surface area contributed by atoms with Crippen molar-refractivity contribution in [3.05, 3.63) is 41.1 Å². The molecule has 0 aromatic heterocycles. The van der Waals surface area contributed by atoms with Gasteiger partial charge in [-0.25, -0.2) is 4.39 Å². The predicted molar refractivity (Wildman–Crippen MR) is 44.8 cm³/mol. The molecule has 1 rings (SSSR count). The molecular weight excluding hydrogens is 139 g/mol. The largest absolute Gasteiger partial charge is 0.204 e. The summed E-state index contributed by atoms with van der Waals surface area (Å²) in [4.78, 5) is 0. The third-order valence-corrected chi connectivity index (χ3v) is 1.73. The monoisotopic (exact) mass is 151 g/mol. The summed E-state index contributed by atoms with van der Waals surface area (Å²) in [5.41, 5.74) is 2.15. The van der Waals surface area contributed by atoms with E-state index in [-0.39, 0.29) is 5.82 Å². The van der Waals surface area contributed by atoms with Crippen molar-refractivity contribution in [2.75, 3.05) is 0 Å². The minimum absolute atomic E-state index is 0.160. The van der Waals surface area contributed by atoms with Gasteiger partial charge in [-0.15, -0.1) is 0 Å². The molecule has 0 amide bonds. The van der Waals surface area contributed by atoms with Crippen LogP contribution in [0.4, 0.5) is 4.39 Å². The van der Waals surface area contributed by atoms with Crippen LogP contribution in [0, 0.1) is 18.7 Å². The molecule has 0 aliphatic heterocycles. The van der Waals surface area contributed by atoms with Crippen molar-refractivity contribution in [1.82, 2.24) is 0 Å². The Balaban J connectivity index is 3.09. The van der Waals surface area contributed by atoms with E-state index in [1.807, 2.05) is 26.8 Å². The van der Waals surface area contributed by atoms with Gasteiger partial charge in [-0.2, -0.15) is 0 Å². The summed E-state index contributed by atoms with van der Waals surface area (Å²) in [7, 11) is 0. The van der Waals surface area contributed by atoms with Gasteiger partial charge in [0.05, 0.1) is 5.56 Å². The molecule has 0 aliphatic carbocycles. The number of halogens is 1. The van der Waals surface area contributed by atoms with Crippen LogP contribution in [0.1, 0.15) is 25.0 Å². The lowest BCUT2D eigenvalue weighted by Crippen LogP contribution is -1.92. The summed E-state index contributed by atoms with van der Waals surface area (Å²) in [6.45, 7) is 5.98. The van der Waals surface area contributed by atoms with Gasteiger partial charge in [0.15, 0.2) is 0 Å². The normalized spacial score (nSPS) is 9.82. The SMILES string of the molecule is Cc1cc(F)ccc1[C+](C)C. The molecule has 0 saturated heterocycles. The van der Waals surface area contributed by atoms with Crippen LogP contribution < -0.4 is 0 Å². The molecule has 0 unspecified atom stereocenters. The molecule has 11 heavy (non-hydrogen) atoms. The molecule has 0 nitrogen and oxygen atoms in total. The first-order valence-corrected chi connectivity index (χ1v) is 3.68. The first-order valence-electron chi connectivity index (χ1n) is 3.68. The highest BCUT2D eigenvalue weighted by Crippen LogP contribution is 2.18. The molecule has 0 atom stereocenters. The van der Waals surface area contributed by atoms with E-state index in [1.54, 1.807) is 6.07 Å². The van der Waals surface area contributed by atoms with Gasteiger partial charge < -0.3 is 0 Å². The summed E-state index contributed by atoms with van der Waals surface area (Å²) in [6.07, 6.45) is 0. The van der Waals surface area contributed by atoms with Crippen LogP contribution in [0.15, 0.2) is 18.2 Å². The van der Waals surface area contributed by atoms with Gasteiger partial charge in [0.25, 0.3) is 0 Å². The summed E-state index contributed by atoms with van der Waals surface area (Å²) < 4.78 is 12.6.